The zero-order valence-corrected chi connectivity index (χ0v) is 16.7. The summed E-state index contributed by atoms with van der Waals surface area (Å²) in [6.45, 7) is -0.799. The van der Waals surface area contributed by atoms with Gasteiger partial charge in [0.2, 0.25) is 0 Å². The van der Waals surface area contributed by atoms with E-state index in [4.69, 9.17) is 0 Å². The lowest BCUT2D eigenvalue weighted by molar-refractivity contribution is -0.0498. The van der Waals surface area contributed by atoms with Gasteiger partial charge in [-0.05, 0) is 77.3 Å². The number of halogens is 4. The second-order valence-corrected chi connectivity index (χ2v) is 7.57. The molecule has 156 valence electrons. The molecule has 30 heavy (non-hydrogen) atoms. The van der Waals surface area contributed by atoms with Gasteiger partial charge >= 0.3 is 6.61 Å². The van der Waals surface area contributed by atoms with Gasteiger partial charge in [-0.1, -0.05) is 43.7 Å². The average Bonchev–Trinajstić information content (AvgIpc) is 2.72. The predicted molar refractivity (Wildman–Crippen MR) is 110 cm³/mol. The molecular weight excluding hydrogens is 392 g/mol. The molecule has 0 amide bonds. The van der Waals surface area contributed by atoms with Crippen molar-refractivity contribution in [1.29, 1.82) is 0 Å². The lowest BCUT2D eigenvalue weighted by Crippen LogP contribution is -2.09. The van der Waals surface area contributed by atoms with Gasteiger partial charge in [0.15, 0.2) is 0 Å². The SMILES string of the molecule is CCCCc1ccc2c(c1)CCc1c-2cc(F)c(-c2ccc(OC(F)F)cc2)c1F. The van der Waals surface area contributed by atoms with Crippen LogP contribution in [0.5, 0.6) is 5.75 Å². The summed E-state index contributed by atoms with van der Waals surface area (Å²) >= 11 is 0. The summed E-state index contributed by atoms with van der Waals surface area (Å²) in [6, 6.07) is 12.9. The van der Waals surface area contributed by atoms with Crippen molar-refractivity contribution >= 4 is 0 Å². The van der Waals surface area contributed by atoms with Gasteiger partial charge < -0.3 is 4.74 Å². The van der Waals surface area contributed by atoms with E-state index in [1.165, 1.54) is 35.9 Å². The molecule has 0 N–H and O–H groups in total. The fourth-order valence-corrected chi connectivity index (χ4v) is 4.13. The summed E-state index contributed by atoms with van der Waals surface area (Å²) < 4.78 is 59.3. The maximum absolute atomic E-state index is 15.4. The molecule has 1 aliphatic rings. The van der Waals surface area contributed by atoms with Crippen molar-refractivity contribution < 1.29 is 22.3 Å². The third kappa shape index (κ3) is 3.93. The van der Waals surface area contributed by atoms with E-state index in [0.29, 0.717) is 24.0 Å². The number of fused-ring (bicyclic) bond motifs is 3. The average molecular weight is 414 g/mol. The van der Waals surface area contributed by atoms with E-state index in [9.17, 15) is 13.2 Å². The van der Waals surface area contributed by atoms with Crippen LogP contribution in [0.15, 0.2) is 48.5 Å². The quantitative estimate of drug-likeness (QED) is 0.383. The second-order valence-electron chi connectivity index (χ2n) is 7.57. The molecule has 0 aromatic heterocycles. The Kier molecular flexibility index (Phi) is 5.80. The Hall–Kier alpha value is -2.82. The summed E-state index contributed by atoms with van der Waals surface area (Å²) in [6.07, 6.45) is 4.43. The predicted octanol–water partition coefficient (Wildman–Crippen LogP) is 7.34. The largest absolute Gasteiger partial charge is 0.435 e. The van der Waals surface area contributed by atoms with E-state index in [1.54, 1.807) is 0 Å². The summed E-state index contributed by atoms with van der Waals surface area (Å²) in [7, 11) is 0. The fourth-order valence-electron chi connectivity index (χ4n) is 4.13. The molecule has 1 nitrogen and oxygen atoms in total. The van der Waals surface area contributed by atoms with Crippen LogP contribution in [0.25, 0.3) is 22.3 Å². The van der Waals surface area contributed by atoms with E-state index < -0.39 is 18.2 Å². The number of ether oxygens (including phenoxy) is 1. The van der Waals surface area contributed by atoms with Gasteiger partial charge in [-0.2, -0.15) is 8.78 Å². The Morgan fingerprint density at radius 2 is 1.70 bits per heavy atom. The molecule has 3 aromatic carbocycles. The topological polar surface area (TPSA) is 9.23 Å². The van der Waals surface area contributed by atoms with Crippen molar-refractivity contribution in [2.45, 2.75) is 45.6 Å². The Morgan fingerprint density at radius 3 is 2.40 bits per heavy atom. The minimum atomic E-state index is -2.95. The van der Waals surface area contributed by atoms with Crippen LogP contribution in [-0.4, -0.2) is 6.61 Å². The van der Waals surface area contributed by atoms with Crippen molar-refractivity contribution in [2.24, 2.45) is 0 Å². The van der Waals surface area contributed by atoms with Crippen molar-refractivity contribution in [3.05, 3.63) is 76.9 Å². The molecule has 1 aliphatic carbocycles. The van der Waals surface area contributed by atoms with Crippen LogP contribution in [0, 0.1) is 11.6 Å². The van der Waals surface area contributed by atoms with Gasteiger partial charge in [-0.15, -0.1) is 0 Å². The van der Waals surface area contributed by atoms with Gasteiger partial charge in [0.1, 0.15) is 17.4 Å². The first-order chi connectivity index (χ1) is 14.5. The van der Waals surface area contributed by atoms with Crippen LogP contribution >= 0.6 is 0 Å². The van der Waals surface area contributed by atoms with Crippen LogP contribution in [0.1, 0.15) is 36.5 Å². The number of hydrogen-bond donors (Lipinski definition) is 0. The minimum Gasteiger partial charge on any atom is -0.435 e. The first kappa shape index (κ1) is 20.5. The molecule has 0 bridgehead atoms. The number of alkyl halides is 2. The van der Waals surface area contributed by atoms with Crippen LogP contribution in [0.3, 0.4) is 0 Å². The minimum absolute atomic E-state index is 0.0552. The van der Waals surface area contributed by atoms with E-state index in [1.807, 2.05) is 12.1 Å². The van der Waals surface area contributed by atoms with E-state index in [-0.39, 0.29) is 16.9 Å². The van der Waals surface area contributed by atoms with Gasteiger partial charge in [0.05, 0.1) is 5.56 Å². The van der Waals surface area contributed by atoms with E-state index in [2.05, 4.69) is 17.7 Å². The standard InChI is InChI=1S/C25H22F4O/c1-2-3-4-15-5-11-19-17(13-15)8-12-20-21(19)14-22(26)23(24(20)27)16-6-9-18(10-7-16)30-25(28)29/h5-7,9-11,13-14,25H,2-4,8,12H2,1H3. The third-order valence-electron chi connectivity index (χ3n) is 5.61. The van der Waals surface area contributed by atoms with Gasteiger partial charge in [0, 0.05) is 0 Å². The second kappa shape index (κ2) is 8.50. The molecule has 0 saturated heterocycles. The summed E-state index contributed by atoms with van der Waals surface area (Å²) in [4.78, 5) is 0. The van der Waals surface area contributed by atoms with Gasteiger partial charge in [-0.25, -0.2) is 8.78 Å². The van der Waals surface area contributed by atoms with Gasteiger partial charge in [-0.3, -0.25) is 0 Å². The number of aryl methyl sites for hydroxylation is 2. The highest BCUT2D eigenvalue weighted by Gasteiger charge is 2.25. The molecular formula is C25H22F4O. The normalized spacial score (nSPS) is 12.6. The Balaban J connectivity index is 1.72. The van der Waals surface area contributed by atoms with E-state index in [0.717, 1.165) is 30.4 Å². The Labute approximate surface area is 173 Å². The fraction of sp³-hybridized carbons (Fsp3) is 0.280. The molecule has 0 aliphatic heterocycles. The molecule has 0 unspecified atom stereocenters. The van der Waals surface area contributed by atoms with Crippen LogP contribution in [-0.2, 0) is 19.3 Å². The summed E-state index contributed by atoms with van der Waals surface area (Å²) in [5.74, 6) is -1.31. The highest BCUT2D eigenvalue weighted by Crippen LogP contribution is 2.40. The zero-order chi connectivity index (χ0) is 21.3. The molecule has 0 heterocycles. The van der Waals surface area contributed by atoms with E-state index >= 15 is 4.39 Å². The number of hydrogen-bond acceptors (Lipinski definition) is 1. The maximum Gasteiger partial charge on any atom is 0.387 e. The van der Waals surface area contributed by atoms with Gasteiger partial charge in [0.25, 0.3) is 0 Å². The molecule has 0 atom stereocenters. The lowest BCUT2D eigenvalue weighted by Gasteiger charge is -2.23. The molecule has 0 fully saturated rings. The van der Waals surface area contributed by atoms with Crippen molar-refractivity contribution in [1.82, 2.24) is 0 Å². The van der Waals surface area contributed by atoms with Crippen LogP contribution in [0.2, 0.25) is 0 Å². The molecule has 0 radical (unpaired) electrons. The summed E-state index contributed by atoms with van der Waals surface area (Å²) in [5.41, 5.74) is 4.48. The molecule has 0 spiro atoms. The number of rotatable bonds is 6. The van der Waals surface area contributed by atoms with Crippen LogP contribution in [0.4, 0.5) is 17.6 Å². The highest BCUT2D eigenvalue weighted by molar-refractivity contribution is 5.78. The van der Waals surface area contributed by atoms with Crippen molar-refractivity contribution in [3.8, 4) is 28.0 Å². The molecule has 4 rings (SSSR count). The Bertz CT molecular complexity index is 1060. The zero-order valence-electron chi connectivity index (χ0n) is 16.7. The lowest BCUT2D eigenvalue weighted by atomic mass is 9.82. The van der Waals surface area contributed by atoms with Crippen LogP contribution < -0.4 is 4.74 Å². The first-order valence-electron chi connectivity index (χ1n) is 10.2. The first-order valence-corrected chi connectivity index (χ1v) is 10.2. The number of unbranched alkanes of at least 4 members (excludes halogenated alkanes) is 1. The maximum atomic E-state index is 15.4. The third-order valence-corrected chi connectivity index (χ3v) is 5.61. The number of benzene rings is 3. The van der Waals surface area contributed by atoms with Crippen molar-refractivity contribution in [2.75, 3.05) is 0 Å². The molecule has 5 heteroatoms. The molecule has 0 saturated carbocycles. The molecule has 3 aromatic rings. The highest BCUT2D eigenvalue weighted by atomic mass is 19.3. The Morgan fingerprint density at radius 1 is 0.933 bits per heavy atom. The van der Waals surface area contributed by atoms with Crippen molar-refractivity contribution in [3.63, 3.8) is 0 Å². The smallest absolute Gasteiger partial charge is 0.387 e. The summed E-state index contributed by atoms with van der Waals surface area (Å²) in [5, 5.41) is 0. The monoisotopic (exact) mass is 414 g/mol.